The van der Waals surface area contributed by atoms with Crippen molar-refractivity contribution in [3.63, 3.8) is 0 Å². The lowest BCUT2D eigenvalue weighted by atomic mass is 10.1. The van der Waals surface area contributed by atoms with Crippen LogP contribution in [0.3, 0.4) is 0 Å². The molecule has 0 radical (unpaired) electrons. The van der Waals surface area contributed by atoms with Gasteiger partial charge in [0.15, 0.2) is 0 Å². The van der Waals surface area contributed by atoms with Crippen molar-refractivity contribution in [2.24, 2.45) is 0 Å². The fraction of sp³-hybridized carbons (Fsp3) is 0.455. The molecule has 96 valence electrons. The molecule has 0 aliphatic heterocycles. The molecule has 4 nitrogen and oxygen atoms in total. The minimum Gasteiger partial charge on any atom is -0.378 e. The van der Waals surface area contributed by atoms with E-state index in [9.17, 15) is 12.8 Å². The topological polar surface area (TPSA) is 63.6 Å². The van der Waals surface area contributed by atoms with Crippen LogP contribution in [0.2, 0.25) is 0 Å². The van der Waals surface area contributed by atoms with Crippen molar-refractivity contribution >= 4 is 10.1 Å². The SMILES string of the molecule is Cc1ccc(S(=O)(=O)O)c(CCOCCF)c1. The summed E-state index contributed by atoms with van der Waals surface area (Å²) in [5.41, 5.74) is 1.37. The molecule has 0 aromatic heterocycles. The highest BCUT2D eigenvalue weighted by Gasteiger charge is 2.14. The molecule has 0 aliphatic rings. The highest BCUT2D eigenvalue weighted by Crippen LogP contribution is 2.17. The number of alkyl halides is 1. The predicted octanol–water partition coefficient (Wildman–Crippen LogP) is 1.77. The van der Waals surface area contributed by atoms with Gasteiger partial charge in [0.1, 0.15) is 6.67 Å². The number of rotatable bonds is 6. The third-order valence-electron chi connectivity index (χ3n) is 2.23. The van der Waals surface area contributed by atoms with Crippen LogP contribution in [0.25, 0.3) is 0 Å². The Morgan fingerprint density at radius 2 is 2.06 bits per heavy atom. The third-order valence-corrected chi connectivity index (χ3v) is 3.19. The molecular weight excluding hydrogens is 247 g/mol. The number of hydrogen-bond acceptors (Lipinski definition) is 3. The van der Waals surface area contributed by atoms with Crippen LogP contribution in [-0.2, 0) is 21.3 Å². The Morgan fingerprint density at radius 1 is 1.35 bits per heavy atom. The Labute approximate surface area is 100 Å². The molecule has 0 heterocycles. The summed E-state index contributed by atoms with van der Waals surface area (Å²) < 4.78 is 48.0. The van der Waals surface area contributed by atoms with Crippen molar-refractivity contribution in [1.29, 1.82) is 0 Å². The first-order valence-electron chi connectivity index (χ1n) is 5.16. The van der Waals surface area contributed by atoms with Crippen LogP contribution in [0.5, 0.6) is 0 Å². The van der Waals surface area contributed by atoms with E-state index in [0.717, 1.165) is 5.56 Å². The summed E-state index contributed by atoms with van der Waals surface area (Å²) in [5, 5.41) is 0. The number of hydrogen-bond donors (Lipinski definition) is 1. The minimum atomic E-state index is -4.22. The summed E-state index contributed by atoms with van der Waals surface area (Å²) in [7, 11) is -4.22. The van der Waals surface area contributed by atoms with Gasteiger partial charge in [0.2, 0.25) is 0 Å². The maximum atomic E-state index is 11.8. The van der Waals surface area contributed by atoms with Crippen LogP contribution < -0.4 is 0 Å². The summed E-state index contributed by atoms with van der Waals surface area (Å²) >= 11 is 0. The molecule has 17 heavy (non-hydrogen) atoms. The zero-order chi connectivity index (χ0) is 12.9. The van der Waals surface area contributed by atoms with Crippen LogP contribution in [0.15, 0.2) is 23.1 Å². The van der Waals surface area contributed by atoms with Crippen LogP contribution in [0.4, 0.5) is 4.39 Å². The molecule has 1 rings (SSSR count). The Morgan fingerprint density at radius 3 is 2.65 bits per heavy atom. The fourth-order valence-electron chi connectivity index (χ4n) is 1.49. The first-order valence-corrected chi connectivity index (χ1v) is 6.60. The van der Waals surface area contributed by atoms with Crippen molar-refractivity contribution in [1.82, 2.24) is 0 Å². The molecule has 6 heteroatoms. The summed E-state index contributed by atoms with van der Waals surface area (Å²) in [6.07, 6.45) is 0.316. The zero-order valence-corrected chi connectivity index (χ0v) is 10.3. The Hall–Kier alpha value is -0.980. The van der Waals surface area contributed by atoms with Gasteiger partial charge in [-0.25, -0.2) is 4.39 Å². The van der Waals surface area contributed by atoms with Crippen LogP contribution in [-0.4, -0.2) is 32.9 Å². The van der Waals surface area contributed by atoms with E-state index in [1.165, 1.54) is 6.07 Å². The average molecular weight is 262 g/mol. The fourth-order valence-corrected chi connectivity index (χ4v) is 2.23. The lowest BCUT2D eigenvalue weighted by molar-refractivity contribution is 0.121. The van der Waals surface area contributed by atoms with E-state index < -0.39 is 16.8 Å². The van der Waals surface area contributed by atoms with Crippen LogP contribution in [0, 0.1) is 6.92 Å². The molecule has 1 aromatic rings. The second-order valence-corrected chi connectivity index (χ2v) is 5.03. The van der Waals surface area contributed by atoms with Gasteiger partial charge in [0, 0.05) is 0 Å². The molecule has 0 aliphatic carbocycles. The lowest BCUT2D eigenvalue weighted by Gasteiger charge is -2.08. The van der Waals surface area contributed by atoms with E-state index in [0.29, 0.717) is 12.0 Å². The van der Waals surface area contributed by atoms with E-state index in [-0.39, 0.29) is 18.1 Å². The zero-order valence-electron chi connectivity index (χ0n) is 9.52. The van der Waals surface area contributed by atoms with Gasteiger partial charge in [-0.1, -0.05) is 17.7 Å². The third kappa shape index (κ3) is 4.41. The summed E-state index contributed by atoms with van der Waals surface area (Å²) in [6.45, 7) is 1.46. The second-order valence-electron chi connectivity index (χ2n) is 3.64. The minimum absolute atomic E-state index is 0.00692. The van der Waals surface area contributed by atoms with Gasteiger partial charge < -0.3 is 4.74 Å². The molecule has 0 saturated carbocycles. The molecule has 0 saturated heterocycles. The van der Waals surface area contributed by atoms with Crippen molar-refractivity contribution < 1.29 is 22.1 Å². The van der Waals surface area contributed by atoms with Crippen LogP contribution in [0.1, 0.15) is 11.1 Å². The number of benzene rings is 1. The van der Waals surface area contributed by atoms with Gasteiger partial charge in [-0.15, -0.1) is 0 Å². The smallest absolute Gasteiger partial charge is 0.294 e. The number of aryl methyl sites for hydroxylation is 1. The monoisotopic (exact) mass is 262 g/mol. The number of ether oxygens (including phenoxy) is 1. The first kappa shape index (κ1) is 14.1. The molecular formula is C11H15FO4S. The Bertz CT molecular complexity index is 470. The van der Waals surface area contributed by atoms with Crippen molar-refractivity contribution in [2.75, 3.05) is 19.9 Å². The second kappa shape index (κ2) is 6.09. The standard InChI is InChI=1S/C11H15FO4S/c1-9-2-3-11(17(13,14)15)10(8-9)4-6-16-7-5-12/h2-3,8H,4-7H2,1H3,(H,13,14,15). The van der Waals surface area contributed by atoms with E-state index in [4.69, 9.17) is 9.29 Å². The maximum absolute atomic E-state index is 11.8. The molecule has 0 amide bonds. The Kier molecular flexibility index (Phi) is 5.04. The molecule has 1 aromatic carbocycles. The van der Waals surface area contributed by atoms with Gasteiger partial charge in [0.05, 0.1) is 18.1 Å². The normalized spacial score (nSPS) is 11.7. The summed E-state index contributed by atoms with van der Waals surface area (Å²) in [6, 6.07) is 4.63. The highest BCUT2D eigenvalue weighted by atomic mass is 32.2. The van der Waals surface area contributed by atoms with Crippen LogP contribution >= 0.6 is 0 Å². The van der Waals surface area contributed by atoms with Crippen molar-refractivity contribution in [3.05, 3.63) is 29.3 Å². The van der Waals surface area contributed by atoms with Gasteiger partial charge in [-0.2, -0.15) is 8.42 Å². The van der Waals surface area contributed by atoms with Gasteiger partial charge >= 0.3 is 0 Å². The van der Waals surface area contributed by atoms with Crippen molar-refractivity contribution in [3.8, 4) is 0 Å². The van der Waals surface area contributed by atoms with Crippen molar-refractivity contribution in [2.45, 2.75) is 18.2 Å². The lowest BCUT2D eigenvalue weighted by Crippen LogP contribution is -2.07. The largest absolute Gasteiger partial charge is 0.378 e. The molecule has 0 fully saturated rings. The quantitative estimate of drug-likeness (QED) is 0.627. The number of halogens is 1. The molecule has 0 atom stereocenters. The van der Waals surface area contributed by atoms with E-state index in [2.05, 4.69) is 0 Å². The molecule has 0 bridgehead atoms. The van der Waals surface area contributed by atoms with Gasteiger partial charge in [-0.05, 0) is 25.0 Å². The predicted molar refractivity (Wildman–Crippen MR) is 61.5 cm³/mol. The van der Waals surface area contributed by atoms with Gasteiger partial charge in [0.25, 0.3) is 10.1 Å². The summed E-state index contributed by atoms with van der Waals surface area (Å²) in [4.78, 5) is -0.119. The molecule has 1 N–H and O–H groups in total. The molecule has 0 spiro atoms. The summed E-state index contributed by atoms with van der Waals surface area (Å²) in [5.74, 6) is 0. The van der Waals surface area contributed by atoms with E-state index in [1.807, 2.05) is 6.92 Å². The first-order chi connectivity index (χ1) is 7.95. The Balaban J connectivity index is 2.85. The average Bonchev–Trinajstić information content (AvgIpc) is 2.23. The highest BCUT2D eigenvalue weighted by molar-refractivity contribution is 7.85. The molecule has 0 unspecified atom stereocenters. The van der Waals surface area contributed by atoms with E-state index in [1.54, 1.807) is 12.1 Å². The maximum Gasteiger partial charge on any atom is 0.294 e. The van der Waals surface area contributed by atoms with Gasteiger partial charge in [-0.3, -0.25) is 4.55 Å². The van der Waals surface area contributed by atoms with E-state index >= 15 is 0 Å².